The SMILES string of the molecule is CCN(CC)S(=O)(=O)c1ccc(NC(=O)[C@H](c2ccccc2)N(C)S(C)(=O)=O)cc1. The number of hydrogen-bond donors (Lipinski definition) is 1. The molecule has 8 nitrogen and oxygen atoms in total. The Bertz CT molecular complexity index is 1070. The molecule has 0 aliphatic carbocycles. The topological polar surface area (TPSA) is 104 Å². The molecule has 0 saturated heterocycles. The first-order valence-corrected chi connectivity index (χ1v) is 12.7. The van der Waals surface area contributed by atoms with Crippen LogP contribution in [0.5, 0.6) is 0 Å². The number of nitrogens with one attached hydrogen (secondary N) is 1. The van der Waals surface area contributed by atoms with Crippen LogP contribution in [0.1, 0.15) is 25.5 Å². The third-order valence-corrected chi connectivity index (χ3v) is 8.04. The maximum absolute atomic E-state index is 12.9. The summed E-state index contributed by atoms with van der Waals surface area (Å²) in [5.74, 6) is -0.548. The Morgan fingerprint density at radius 2 is 1.47 bits per heavy atom. The number of sulfonamides is 2. The summed E-state index contributed by atoms with van der Waals surface area (Å²) >= 11 is 0. The van der Waals surface area contributed by atoms with E-state index in [1.807, 2.05) is 0 Å². The first-order valence-electron chi connectivity index (χ1n) is 9.41. The molecule has 0 spiro atoms. The molecule has 30 heavy (non-hydrogen) atoms. The standard InChI is InChI=1S/C20H27N3O5S2/c1-5-23(6-2)30(27,28)18-14-12-17(13-15-18)21-20(24)19(22(3)29(4,25)26)16-10-8-7-9-11-16/h7-15,19H,5-6H2,1-4H3,(H,21,24)/t19-/m0/s1. The molecule has 0 radical (unpaired) electrons. The highest BCUT2D eigenvalue weighted by atomic mass is 32.2. The van der Waals surface area contributed by atoms with Gasteiger partial charge in [0.15, 0.2) is 0 Å². The predicted octanol–water partition coefficient (Wildman–Crippen LogP) is 2.29. The molecule has 1 amide bonds. The normalized spacial score (nSPS) is 13.4. The second kappa shape index (κ2) is 9.69. The van der Waals surface area contributed by atoms with Crippen LogP contribution in [-0.4, -0.2) is 57.7 Å². The lowest BCUT2D eigenvalue weighted by Gasteiger charge is -2.25. The zero-order chi connectivity index (χ0) is 22.5. The van der Waals surface area contributed by atoms with E-state index in [0.717, 1.165) is 10.6 Å². The second-order valence-corrected chi connectivity index (χ2v) is 10.7. The molecule has 2 rings (SSSR count). The molecule has 2 aromatic carbocycles. The van der Waals surface area contributed by atoms with E-state index in [1.165, 1.54) is 35.6 Å². The van der Waals surface area contributed by atoms with E-state index in [4.69, 9.17) is 0 Å². The number of likely N-dealkylation sites (N-methyl/N-ethyl adjacent to an activating group) is 1. The van der Waals surface area contributed by atoms with Gasteiger partial charge in [0.1, 0.15) is 6.04 Å². The van der Waals surface area contributed by atoms with Crippen LogP contribution in [-0.2, 0) is 24.8 Å². The minimum absolute atomic E-state index is 0.122. The zero-order valence-electron chi connectivity index (χ0n) is 17.4. The average Bonchev–Trinajstić information content (AvgIpc) is 2.69. The number of nitrogens with zero attached hydrogens (tertiary/aromatic N) is 2. The van der Waals surface area contributed by atoms with E-state index in [0.29, 0.717) is 24.3 Å². The molecule has 0 fully saturated rings. The summed E-state index contributed by atoms with van der Waals surface area (Å²) in [5.41, 5.74) is 0.880. The second-order valence-electron chi connectivity index (χ2n) is 6.70. The molecule has 0 aliphatic rings. The Labute approximate surface area is 178 Å². The molecule has 0 aliphatic heterocycles. The molecule has 0 aromatic heterocycles. The molecule has 2 aromatic rings. The van der Waals surface area contributed by atoms with Gasteiger partial charge in [-0.05, 0) is 29.8 Å². The van der Waals surface area contributed by atoms with Gasteiger partial charge in [0.25, 0.3) is 0 Å². The van der Waals surface area contributed by atoms with Gasteiger partial charge in [-0.1, -0.05) is 44.2 Å². The van der Waals surface area contributed by atoms with Crippen molar-refractivity contribution in [2.24, 2.45) is 0 Å². The fourth-order valence-corrected chi connectivity index (χ4v) is 5.05. The van der Waals surface area contributed by atoms with Crippen LogP contribution in [0.4, 0.5) is 5.69 Å². The minimum atomic E-state index is -3.64. The molecule has 164 valence electrons. The lowest BCUT2D eigenvalue weighted by Crippen LogP contribution is -2.38. The van der Waals surface area contributed by atoms with Gasteiger partial charge in [0.2, 0.25) is 26.0 Å². The predicted molar refractivity (Wildman–Crippen MR) is 117 cm³/mol. The van der Waals surface area contributed by atoms with Crippen LogP contribution in [0.3, 0.4) is 0 Å². The Morgan fingerprint density at radius 1 is 0.933 bits per heavy atom. The van der Waals surface area contributed by atoms with Crippen LogP contribution in [0.15, 0.2) is 59.5 Å². The van der Waals surface area contributed by atoms with Crippen molar-refractivity contribution in [3.05, 3.63) is 60.2 Å². The van der Waals surface area contributed by atoms with Crippen molar-refractivity contribution in [1.29, 1.82) is 0 Å². The molecule has 0 unspecified atom stereocenters. The molecular formula is C20H27N3O5S2. The first kappa shape index (κ1) is 24.0. The molecule has 10 heteroatoms. The smallest absolute Gasteiger partial charge is 0.247 e. The highest BCUT2D eigenvalue weighted by Crippen LogP contribution is 2.24. The van der Waals surface area contributed by atoms with Crippen molar-refractivity contribution >= 4 is 31.6 Å². The molecule has 1 atom stereocenters. The number of benzene rings is 2. The summed E-state index contributed by atoms with van der Waals surface area (Å²) in [7, 11) is -5.91. The van der Waals surface area contributed by atoms with Gasteiger partial charge in [-0.15, -0.1) is 0 Å². The van der Waals surface area contributed by atoms with Gasteiger partial charge in [-0.2, -0.15) is 8.61 Å². The Kier molecular flexibility index (Phi) is 7.75. The lowest BCUT2D eigenvalue weighted by molar-refractivity contribution is -0.119. The number of carbonyl (C=O) groups excluding carboxylic acids is 1. The van der Waals surface area contributed by atoms with Crippen molar-refractivity contribution < 1.29 is 21.6 Å². The number of carbonyl (C=O) groups is 1. The summed E-state index contributed by atoms with van der Waals surface area (Å²) in [5, 5.41) is 2.68. The molecule has 1 N–H and O–H groups in total. The molecule has 0 saturated carbocycles. The van der Waals surface area contributed by atoms with Gasteiger partial charge < -0.3 is 5.32 Å². The summed E-state index contributed by atoms with van der Waals surface area (Å²) < 4.78 is 51.6. The third-order valence-electron chi connectivity index (χ3n) is 4.72. The lowest BCUT2D eigenvalue weighted by atomic mass is 10.1. The van der Waals surface area contributed by atoms with E-state index in [2.05, 4.69) is 5.32 Å². The van der Waals surface area contributed by atoms with Crippen molar-refractivity contribution in [2.45, 2.75) is 24.8 Å². The summed E-state index contributed by atoms with van der Waals surface area (Å²) in [6.45, 7) is 4.23. The van der Waals surface area contributed by atoms with Crippen molar-refractivity contribution in [1.82, 2.24) is 8.61 Å². The molecule has 0 heterocycles. The van der Waals surface area contributed by atoms with Gasteiger partial charge >= 0.3 is 0 Å². The Hall–Kier alpha value is -2.27. The fourth-order valence-electron chi connectivity index (χ4n) is 2.99. The van der Waals surface area contributed by atoms with Crippen LogP contribution in [0.25, 0.3) is 0 Å². The van der Waals surface area contributed by atoms with Gasteiger partial charge in [-0.3, -0.25) is 4.79 Å². The van der Waals surface area contributed by atoms with E-state index in [1.54, 1.807) is 44.2 Å². The van der Waals surface area contributed by atoms with E-state index < -0.39 is 32.0 Å². The Balaban J connectivity index is 2.30. The van der Waals surface area contributed by atoms with Crippen molar-refractivity contribution in [2.75, 3.05) is 31.7 Å². The maximum atomic E-state index is 12.9. The average molecular weight is 454 g/mol. The highest BCUT2D eigenvalue weighted by molar-refractivity contribution is 7.89. The van der Waals surface area contributed by atoms with Crippen LogP contribution < -0.4 is 5.32 Å². The van der Waals surface area contributed by atoms with Crippen molar-refractivity contribution in [3.8, 4) is 0 Å². The van der Waals surface area contributed by atoms with E-state index >= 15 is 0 Å². The van der Waals surface area contributed by atoms with E-state index in [-0.39, 0.29) is 4.90 Å². The van der Waals surface area contributed by atoms with Gasteiger partial charge in [0, 0.05) is 25.8 Å². The zero-order valence-corrected chi connectivity index (χ0v) is 19.1. The molecule has 0 bridgehead atoms. The van der Waals surface area contributed by atoms with Crippen LogP contribution in [0, 0.1) is 0 Å². The monoisotopic (exact) mass is 453 g/mol. The summed E-state index contributed by atoms with van der Waals surface area (Å²) in [6, 6.07) is 13.3. The quantitative estimate of drug-likeness (QED) is 0.627. The number of rotatable bonds is 9. The summed E-state index contributed by atoms with van der Waals surface area (Å²) in [6.07, 6.45) is 1.03. The number of hydrogen-bond acceptors (Lipinski definition) is 5. The largest absolute Gasteiger partial charge is 0.324 e. The number of amides is 1. The Morgan fingerprint density at radius 3 is 1.93 bits per heavy atom. The fraction of sp³-hybridized carbons (Fsp3) is 0.350. The maximum Gasteiger partial charge on any atom is 0.247 e. The van der Waals surface area contributed by atoms with Gasteiger partial charge in [0.05, 0.1) is 11.2 Å². The minimum Gasteiger partial charge on any atom is -0.324 e. The molecular weight excluding hydrogens is 426 g/mol. The van der Waals surface area contributed by atoms with Crippen LogP contribution >= 0.6 is 0 Å². The van der Waals surface area contributed by atoms with E-state index in [9.17, 15) is 21.6 Å². The van der Waals surface area contributed by atoms with Crippen molar-refractivity contribution in [3.63, 3.8) is 0 Å². The first-order chi connectivity index (χ1) is 14.0. The number of anilines is 1. The van der Waals surface area contributed by atoms with Gasteiger partial charge in [-0.25, -0.2) is 16.8 Å². The summed E-state index contributed by atoms with van der Waals surface area (Å²) in [4.78, 5) is 13.1. The highest BCUT2D eigenvalue weighted by Gasteiger charge is 2.31. The van der Waals surface area contributed by atoms with Crippen LogP contribution in [0.2, 0.25) is 0 Å². The third kappa shape index (κ3) is 5.45.